The molecular weight excluding hydrogens is 356 g/mol. The highest BCUT2D eigenvalue weighted by atomic mass is 32.1. The second-order valence-corrected chi connectivity index (χ2v) is 7.32. The third-order valence-corrected chi connectivity index (χ3v) is 5.61. The van der Waals surface area contributed by atoms with Gasteiger partial charge in [0.05, 0.1) is 32.4 Å². The predicted octanol–water partition coefficient (Wildman–Crippen LogP) is 1.95. The number of hydrogen-bond acceptors (Lipinski definition) is 7. The van der Waals surface area contributed by atoms with Crippen LogP contribution in [0, 0.1) is 0 Å². The lowest BCUT2D eigenvalue weighted by Crippen LogP contribution is -2.37. The van der Waals surface area contributed by atoms with Crippen LogP contribution >= 0.6 is 11.3 Å². The summed E-state index contributed by atoms with van der Waals surface area (Å²) in [4.78, 5) is 27.9. The first-order chi connectivity index (χ1) is 12.6. The van der Waals surface area contributed by atoms with Gasteiger partial charge >= 0.3 is 5.97 Å². The van der Waals surface area contributed by atoms with Crippen LogP contribution in [0.3, 0.4) is 0 Å². The van der Waals surface area contributed by atoms with E-state index in [9.17, 15) is 9.59 Å². The second-order valence-electron chi connectivity index (χ2n) is 6.22. The summed E-state index contributed by atoms with van der Waals surface area (Å²) in [6.07, 6.45) is 3.99. The van der Waals surface area contributed by atoms with Gasteiger partial charge in [-0.05, 0) is 31.2 Å². The molecule has 1 aliphatic carbocycles. The van der Waals surface area contributed by atoms with Gasteiger partial charge in [-0.2, -0.15) is 0 Å². The lowest BCUT2D eigenvalue weighted by atomic mass is 9.95. The van der Waals surface area contributed by atoms with Crippen molar-refractivity contribution in [1.82, 2.24) is 4.90 Å². The van der Waals surface area contributed by atoms with Crippen LogP contribution in [-0.2, 0) is 31.8 Å². The van der Waals surface area contributed by atoms with E-state index in [-0.39, 0.29) is 18.4 Å². The first-order valence-electron chi connectivity index (χ1n) is 8.83. The van der Waals surface area contributed by atoms with Crippen molar-refractivity contribution in [1.29, 1.82) is 0 Å². The predicted molar refractivity (Wildman–Crippen MR) is 101 cm³/mol. The Morgan fingerprint density at radius 3 is 2.35 bits per heavy atom. The van der Waals surface area contributed by atoms with E-state index in [0.717, 1.165) is 31.2 Å². The molecule has 2 rings (SSSR count). The quantitative estimate of drug-likeness (QED) is 0.622. The maximum atomic E-state index is 12.5. The number of aryl methyl sites for hydroxylation is 1. The van der Waals surface area contributed by atoms with Crippen molar-refractivity contribution in [2.24, 2.45) is 0 Å². The third kappa shape index (κ3) is 5.51. The molecule has 1 aliphatic rings. The van der Waals surface area contributed by atoms with Crippen molar-refractivity contribution in [3.8, 4) is 0 Å². The molecule has 0 aliphatic heterocycles. The first kappa shape index (κ1) is 20.8. The summed E-state index contributed by atoms with van der Waals surface area (Å²) in [6, 6.07) is 0. The van der Waals surface area contributed by atoms with Gasteiger partial charge in [0, 0.05) is 32.2 Å². The zero-order valence-electron chi connectivity index (χ0n) is 15.8. The van der Waals surface area contributed by atoms with Crippen LogP contribution < -0.4 is 5.32 Å². The van der Waals surface area contributed by atoms with Gasteiger partial charge in [0.2, 0.25) is 5.91 Å². The Bertz CT molecular complexity index is 609. The Balaban J connectivity index is 2.09. The van der Waals surface area contributed by atoms with Gasteiger partial charge in [0.25, 0.3) is 0 Å². The molecule has 0 atom stereocenters. The smallest absolute Gasteiger partial charge is 0.341 e. The number of methoxy groups -OCH3 is 3. The Morgan fingerprint density at radius 1 is 1.08 bits per heavy atom. The highest BCUT2D eigenvalue weighted by molar-refractivity contribution is 7.17. The largest absolute Gasteiger partial charge is 0.465 e. The number of ether oxygens (including phenoxy) is 3. The van der Waals surface area contributed by atoms with Crippen molar-refractivity contribution < 1.29 is 23.8 Å². The molecule has 7 nitrogen and oxygen atoms in total. The van der Waals surface area contributed by atoms with Crippen LogP contribution in [0.2, 0.25) is 0 Å². The highest BCUT2D eigenvalue weighted by Crippen LogP contribution is 2.38. The van der Waals surface area contributed by atoms with E-state index in [1.54, 1.807) is 14.2 Å². The molecule has 1 amide bonds. The van der Waals surface area contributed by atoms with Crippen molar-refractivity contribution in [3.63, 3.8) is 0 Å². The highest BCUT2D eigenvalue weighted by Gasteiger charge is 2.27. The fourth-order valence-corrected chi connectivity index (χ4v) is 4.35. The fraction of sp³-hybridized carbons (Fsp3) is 0.667. The van der Waals surface area contributed by atoms with Gasteiger partial charge in [-0.25, -0.2) is 4.79 Å². The summed E-state index contributed by atoms with van der Waals surface area (Å²) in [5.41, 5.74) is 1.57. The molecule has 1 aromatic heterocycles. The summed E-state index contributed by atoms with van der Waals surface area (Å²) in [5.74, 6) is -0.531. The van der Waals surface area contributed by atoms with E-state index in [2.05, 4.69) is 5.32 Å². The van der Waals surface area contributed by atoms with E-state index < -0.39 is 0 Å². The van der Waals surface area contributed by atoms with E-state index in [1.165, 1.54) is 23.3 Å². The molecule has 0 aromatic carbocycles. The van der Waals surface area contributed by atoms with E-state index >= 15 is 0 Å². The van der Waals surface area contributed by atoms with Crippen LogP contribution in [0.15, 0.2) is 0 Å². The van der Waals surface area contributed by atoms with Gasteiger partial charge < -0.3 is 19.5 Å². The molecule has 0 spiro atoms. The third-order valence-electron chi connectivity index (χ3n) is 4.40. The molecule has 0 unspecified atom stereocenters. The van der Waals surface area contributed by atoms with E-state index in [0.29, 0.717) is 36.9 Å². The molecule has 0 saturated heterocycles. The minimum atomic E-state index is -0.379. The van der Waals surface area contributed by atoms with Gasteiger partial charge in [0.15, 0.2) is 0 Å². The van der Waals surface area contributed by atoms with E-state index in [4.69, 9.17) is 14.2 Å². The Kier molecular flexibility index (Phi) is 8.50. The number of nitrogens with zero attached hydrogens (tertiary/aromatic N) is 1. The number of carbonyl (C=O) groups excluding carboxylic acids is 2. The SMILES string of the molecule is COCCN(CCOC)CC(=O)Nc1sc2c(c1C(=O)OC)CCCC2. The summed E-state index contributed by atoms with van der Waals surface area (Å²) in [6.45, 7) is 2.57. The monoisotopic (exact) mass is 384 g/mol. The van der Waals surface area contributed by atoms with Crippen molar-refractivity contribution >= 4 is 28.2 Å². The van der Waals surface area contributed by atoms with Crippen LogP contribution in [0.1, 0.15) is 33.6 Å². The molecule has 1 aromatic rings. The minimum Gasteiger partial charge on any atom is -0.465 e. The van der Waals surface area contributed by atoms with Crippen molar-refractivity contribution in [2.75, 3.05) is 59.5 Å². The molecule has 146 valence electrons. The maximum Gasteiger partial charge on any atom is 0.341 e. The van der Waals surface area contributed by atoms with Crippen LogP contribution in [0.5, 0.6) is 0 Å². The zero-order valence-corrected chi connectivity index (χ0v) is 16.6. The van der Waals surface area contributed by atoms with Crippen molar-refractivity contribution in [2.45, 2.75) is 25.7 Å². The lowest BCUT2D eigenvalue weighted by molar-refractivity contribution is -0.117. The lowest BCUT2D eigenvalue weighted by Gasteiger charge is -2.20. The molecule has 1 heterocycles. The van der Waals surface area contributed by atoms with Gasteiger partial charge in [-0.15, -0.1) is 11.3 Å². The van der Waals surface area contributed by atoms with Crippen LogP contribution in [0.25, 0.3) is 0 Å². The topological polar surface area (TPSA) is 77.1 Å². The summed E-state index contributed by atoms with van der Waals surface area (Å²) in [7, 11) is 4.64. The minimum absolute atomic E-state index is 0.152. The maximum absolute atomic E-state index is 12.5. The number of amides is 1. The average Bonchev–Trinajstić information content (AvgIpc) is 3.00. The molecule has 0 bridgehead atoms. The number of anilines is 1. The number of thiophene rings is 1. The Hall–Kier alpha value is -1.48. The average molecular weight is 384 g/mol. The molecule has 0 radical (unpaired) electrons. The van der Waals surface area contributed by atoms with Gasteiger partial charge in [0.1, 0.15) is 5.00 Å². The Morgan fingerprint density at radius 2 is 1.73 bits per heavy atom. The summed E-state index contributed by atoms with van der Waals surface area (Å²) >= 11 is 1.50. The number of hydrogen-bond donors (Lipinski definition) is 1. The van der Waals surface area contributed by atoms with E-state index in [1.807, 2.05) is 4.90 Å². The molecule has 0 fully saturated rings. The number of rotatable bonds is 10. The number of fused-ring (bicyclic) bond motifs is 1. The molecule has 1 N–H and O–H groups in total. The van der Waals surface area contributed by atoms with Gasteiger partial charge in [-0.1, -0.05) is 0 Å². The molecule has 26 heavy (non-hydrogen) atoms. The van der Waals surface area contributed by atoms with Crippen molar-refractivity contribution in [3.05, 3.63) is 16.0 Å². The standard InChI is InChI=1S/C18H28N2O5S/c1-23-10-8-20(9-11-24-2)12-15(21)19-17-16(18(22)25-3)13-6-4-5-7-14(13)26-17/h4-12H2,1-3H3,(H,19,21). The second kappa shape index (κ2) is 10.6. The Labute approximate surface area is 158 Å². The summed E-state index contributed by atoms with van der Waals surface area (Å²) < 4.78 is 15.1. The summed E-state index contributed by atoms with van der Waals surface area (Å²) in [5, 5.41) is 3.53. The number of esters is 1. The zero-order chi connectivity index (χ0) is 18.9. The fourth-order valence-electron chi connectivity index (χ4n) is 3.05. The van der Waals surface area contributed by atoms with Gasteiger partial charge in [-0.3, -0.25) is 9.69 Å². The number of nitrogens with one attached hydrogen (secondary N) is 1. The first-order valence-corrected chi connectivity index (χ1v) is 9.65. The van der Waals surface area contributed by atoms with Crippen LogP contribution in [-0.4, -0.2) is 71.0 Å². The molecule has 0 saturated carbocycles. The van der Waals surface area contributed by atoms with Crippen LogP contribution in [0.4, 0.5) is 5.00 Å². The molecule has 8 heteroatoms. The normalized spacial score (nSPS) is 13.5. The number of carbonyl (C=O) groups is 2. The molecular formula is C18H28N2O5S.